The summed E-state index contributed by atoms with van der Waals surface area (Å²) < 4.78 is 0. The number of primary amides is 1. The van der Waals surface area contributed by atoms with Gasteiger partial charge in [-0.15, -0.1) is 12.4 Å². The molecule has 78 valence electrons. The van der Waals surface area contributed by atoms with E-state index in [0.29, 0.717) is 6.42 Å². The zero-order valence-corrected chi connectivity index (χ0v) is 8.88. The molecule has 3 nitrogen and oxygen atoms in total. The van der Waals surface area contributed by atoms with Gasteiger partial charge in [0.25, 0.3) is 0 Å². The summed E-state index contributed by atoms with van der Waals surface area (Å²) in [6, 6.07) is 9.81. The van der Waals surface area contributed by atoms with Crippen molar-refractivity contribution in [3.05, 3.63) is 35.9 Å². The van der Waals surface area contributed by atoms with E-state index in [9.17, 15) is 4.79 Å². The Bertz CT molecular complexity index is 277. The van der Waals surface area contributed by atoms with Crippen molar-refractivity contribution in [2.75, 3.05) is 7.05 Å². The fourth-order valence-corrected chi connectivity index (χ4v) is 1.27. The number of carbonyl (C=O) groups excluding carboxylic acids is 1. The molecule has 1 rings (SSSR count). The highest BCUT2D eigenvalue weighted by molar-refractivity contribution is 5.85. The summed E-state index contributed by atoms with van der Waals surface area (Å²) >= 11 is 0. The summed E-state index contributed by atoms with van der Waals surface area (Å²) in [5.74, 6) is -0.289. The molecule has 3 N–H and O–H groups in total. The monoisotopic (exact) mass is 214 g/mol. The summed E-state index contributed by atoms with van der Waals surface area (Å²) in [6.07, 6.45) is 0.334. The van der Waals surface area contributed by atoms with Crippen LogP contribution in [0.1, 0.15) is 18.0 Å². The van der Waals surface area contributed by atoms with E-state index in [2.05, 4.69) is 5.32 Å². The maximum absolute atomic E-state index is 10.7. The van der Waals surface area contributed by atoms with Crippen LogP contribution >= 0.6 is 12.4 Å². The van der Waals surface area contributed by atoms with E-state index in [0.717, 1.165) is 5.56 Å². The second-order valence-electron chi connectivity index (χ2n) is 2.92. The number of hydrogen-bond donors (Lipinski definition) is 2. The molecule has 0 saturated carbocycles. The zero-order valence-electron chi connectivity index (χ0n) is 8.07. The van der Waals surface area contributed by atoms with Crippen LogP contribution in [0, 0.1) is 0 Å². The number of halogens is 1. The maximum Gasteiger partial charge on any atom is 0.219 e. The van der Waals surface area contributed by atoms with Crippen LogP contribution in [-0.4, -0.2) is 13.0 Å². The molecule has 0 aliphatic rings. The van der Waals surface area contributed by atoms with Crippen LogP contribution in [0.5, 0.6) is 0 Å². The number of nitrogens with one attached hydrogen (secondary N) is 1. The standard InChI is InChI=1S/C10H14N2O.ClH/c1-12-9(7-10(11)13)8-5-3-2-4-6-8;/h2-6,9,12H,7H2,1H3,(H2,11,13);1H. The van der Waals surface area contributed by atoms with Gasteiger partial charge in [-0.3, -0.25) is 4.79 Å². The SMILES string of the molecule is CNC(CC(N)=O)c1ccccc1.Cl. The van der Waals surface area contributed by atoms with E-state index in [-0.39, 0.29) is 24.4 Å². The molecule has 1 aromatic rings. The van der Waals surface area contributed by atoms with Crippen LogP contribution in [-0.2, 0) is 4.79 Å². The number of benzene rings is 1. The molecule has 0 heterocycles. The van der Waals surface area contributed by atoms with Gasteiger partial charge in [-0.2, -0.15) is 0 Å². The van der Waals surface area contributed by atoms with E-state index in [1.54, 1.807) is 0 Å². The van der Waals surface area contributed by atoms with E-state index in [1.807, 2.05) is 37.4 Å². The Morgan fingerprint density at radius 1 is 1.43 bits per heavy atom. The fourth-order valence-electron chi connectivity index (χ4n) is 1.27. The van der Waals surface area contributed by atoms with Gasteiger partial charge in [-0.25, -0.2) is 0 Å². The molecule has 0 bridgehead atoms. The third-order valence-corrected chi connectivity index (χ3v) is 1.96. The number of carbonyl (C=O) groups is 1. The van der Waals surface area contributed by atoms with E-state index in [4.69, 9.17) is 5.73 Å². The number of hydrogen-bond acceptors (Lipinski definition) is 2. The maximum atomic E-state index is 10.7. The Hall–Kier alpha value is -1.06. The van der Waals surface area contributed by atoms with Crippen LogP contribution in [0.2, 0.25) is 0 Å². The summed E-state index contributed by atoms with van der Waals surface area (Å²) in [4.78, 5) is 10.7. The van der Waals surface area contributed by atoms with Crippen molar-refractivity contribution in [1.29, 1.82) is 0 Å². The molecular weight excluding hydrogens is 200 g/mol. The highest BCUT2D eigenvalue weighted by Gasteiger charge is 2.10. The minimum atomic E-state index is -0.289. The van der Waals surface area contributed by atoms with Crippen LogP contribution in [0.15, 0.2) is 30.3 Å². The summed E-state index contributed by atoms with van der Waals surface area (Å²) in [6.45, 7) is 0. The van der Waals surface area contributed by atoms with Crippen molar-refractivity contribution in [1.82, 2.24) is 5.32 Å². The zero-order chi connectivity index (χ0) is 9.68. The van der Waals surface area contributed by atoms with Crippen molar-refractivity contribution in [2.24, 2.45) is 5.73 Å². The van der Waals surface area contributed by atoms with Crippen LogP contribution in [0.25, 0.3) is 0 Å². The van der Waals surface area contributed by atoms with Crippen molar-refractivity contribution in [2.45, 2.75) is 12.5 Å². The fraction of sp³-hybridized carbons (Fsp3) is 0.300. The lowest BCUT2D eigenvalue weighted by Gasteiger charge is -2.14. The van der Waals surface area contributed by atoms with Gasteiger partial charge < -0.3 is 11.1 Å². The van der Waals surface area contributed by atoms with Gasteiger partial charge in [0, 0.05) is 12.5 Å². The van der Waals surface area contributed by atoms with E-state index >= 15 is 0 Å². The smallest absolute Gasteiger partial charge is 0.219 e. The first-order valence-corrected chi connectivity index (χ1v) is 4.24. The Labute approximate surface area is 90.1 Å². The third-order valence-electron chi connectivity index (χ3n) is 1.96. The largest absolute Gasteiger partial charge is 0.370 e. The minimum absolute atomic E-state index is 0. The lowest BCUT2D eigenvalue weighted by atomic mass is 10.0. The van der Waals surface area contributed by atoms with Crippen molar-refractivity contribution in [3.8, 4) is 0 Å². The normalized spacial score (nSPS) is 11.5. The van der Waals surface area contributed by atoms with Gasteiger partial charge in [0.05, 0.1) is 0 Å². The van der Waals surface area contributed by atoms with Gasteiger partial charge in [-0.05, 0) is 12.6 Å². The van der Waals surface area contributed by atoms with Crippen molar-refractivity contribution < 1.29 is 4.79 Å². The number of amides is 1. The minimum Gasteiger partial charge on any atom is -0.370 e. The molecule has 0 aromatic heterocycles. The van der Waals surface area contributed by atoms with Crippen LogP contribution in [0.3, 0.4) is 0 Å². The van der Waals surface area contributed by atoms with Gasteiger partial charge in [0.1, 0.15) is 0 Å². The second kappa shape index (κ2) is 6.40. The first kappa shape index (κ1) is 12.9. The topological polar surface area (TPSA) is 55.1 Å². The molecule has 4 heteroatoms. The molecule has 0 aliphatic carbocycles. The molecule has 14 heavy (non-hydrogen) atoms. The van der Waals surface area contributed by atoms with Crippen molar-refractivity contribution in [3.63, 3.8) is 0 Å². The second-order valence-corrected chi connectivity index (χ2v) is 2.92. The molecule has 0 radical (unpaired) electrons. The predicted molar refractivity (Wildman–Crippen MR) is 59.3 cm³/mol. The predicted octanol–water partition coefficient (Wildman–Crippen LogP) is 1.24. The molecule has 0 aliphatic heterocycles. The van der Waals surface area contributed by atoms with Gasteiger partial charge in [-0.1, -0.05) is 30.3 Å². The molecule has 1 atom stereocenters. The molecular formula is C10H15ClN2O. The Balaban J connectivity index is 0.00000169. The van der Waals surface area contributed by atoms with Crippen molar-refractivity contribution >= 4 is 18.3 Å². The summed E-state index contributed by atoms with van der Waals surface area (Å²) in [5.41, 5.74) is 6.21. The molecule has 0 spiro atoms. The third kappa shape index (κ3) is 3.77. The quantitative estimate of drug-likeness (QED) is 0.793. The summed E-state index contributed by atoms with van der Waals surface area (Å²) in [7, 11) is 1.82. The van der Waals surface area contributed by atoms with Gasteiger partial charge >= 0.3 is 0 Å². The van der Waals surface area contributed by atoms with Gasteiger partial charge in [0.2, 0.25) is 5.91 Å². The molecule has 0 saturated heterocycles. The average molecular weight is 215 g/mol. The summed E-state index contributed by atoms with van der Waals surface area (Å²) in [5, 5.41) is 3.05. The number of rotatable bonds is 4. The Morgan fingerprint density at radius 2 is 2.00 bits per heavy atom. The van der Waals surface area contributed by atoms with Gasteiger partial charge in [0.15, 0.2) is 0 Å². The number of nitrogens with two attached hydrogens (primary N) is 1. The molecule has 1 aromatic carbocycles. The Morgan fingerprint density at radius 3 is 2.43 bits per heavy atom. The molecule has 1 amide bonds. The lowest BCUT2D eigenvalue weighted by Crippen LogP contribution is -2.23. The lowest BCUT2D eigenvalue weighted by molar-refractivity contribution is -0.118. The average Bonchev–Trinajstić information content (AvgIpc) is 2.15. The van der Waals surface area contributed by atoms with E-state index in [1.165, 1.54) is 0 Å². The first-order chi connectivity index (χ1) is 6.24. The first-order valence-electron chi connectivity index (χ1n) is 4.24. The molecule has 1 unspecified atom stereocenters. The highest BCUT2D eigenvalue weighted by atomic mass is 35.5. The molecule has 0 fully saturated rings. The van der Waals surface area contributed by atoms with E-state index < -0.39 is 0 Å². The highest BCUT2D eigenvalue weighted by Crippen LogP contribution is 2.14. The van der Waals surface area contributed by atoms with Crippen LogP contribution in [0.4, 0.5) is 0 Å². The Kier molecular flexibility index (Phi) is 5.92. The van der Waals surface area contributed by atoms with Crippen LogP contribution < -0.4 is 11.1 Å².